The molecule has 2 aromatic rings. The zero-order chi connectivity index (χ0) is 24.0. The van der Waals surface area contributed by atoms with Crippen molar-refractivity contribution in [3.05, 3.63) is 70.8 Å². The predicted octanol–water partition coefficient (Wildman–Crippen LogP) is 3.31. The van der Waals surface area contributed by atoms with Gasteiger partial charge in [0.25, 0.3) is 11.8 Å². The van der Waals surface area contributed by atoms with E-state index in [9.17, 15) is 19.2 Å². The van der Waals surface area contributed by atoms with Gasteiger partial charge in [-0.05, 0) is 44.4 Å². The lowest BCUT2D eigenvalue weighted by Crippen LogP contribution is -2.47. The molecular formula is C26H31N3O4. The lowest BCUT2D eigenvalue weighted by molar-refractivity contribution is -0.140. The summed E-state index contributed by atoms with van der Waals surface area (Å²) in [6, 6.07) is 13.9. The Morgan fingerprint density at radius 1 is 1.03 bits per heavy atom. The highest BCUT2D eigenvalue weighted by Gasteiger charge is 2.35. The molecule has 7 nitrogen and oxygen atoms in total. The van der Waals surface area contributed by atoms with Crippen molar-refractivity contribution in [3.63, 3.8) is 0 Å². The Kier molecular flexibility index (Phi) is 7.98. The molecule has 1 heterocycles. The highest BCUT2D eigenvalue weighted by Crippen LogP contribution is 2.23. The van der Waals surface area contributed by atoms with Gasteiger partial charge in [0.15, 0.2) is 0 Å². The summed E-state index contributed by atoms with van der Waals surface area (Å²) in [7, 11) is 0. The number of fused-ring (bicyclic) bond motifs is 1. The summed E-state index contributed by atoms with van der Waals surface area (Å²) in [6.07, 6.45) is 1.27. The first-order chi connectivity index (χ1) is 15.8. The average Bonchev–Trinajstić information content (AvgIpc) is 3.05. The minimum absolute atomic E-state index is 0.130. The lowest BCUT2D eigenvalue weighted by Gasteiger charge is -2.29. The molecule has 0 saturated heterocycles. The Hall–Kier alpha value is -3.48. The number of amides is 4. The molecule has 7 heteroatoms. The molecule has 0 radical (unpaired) electrons. The number of aryl methyl sites for hydroxylation is 1. The topological polar surface area (TPSA) is 86.8 Å². The maximum absolute atomic E-state index is 13.2. The van der Waals surface area contributed by atoms with Crippen molar-refractivity contribution >= 4 is 23.6 Å². The maximum atomic E-state index is 13.2. The number of carbonyl (C=O) groups excluding carboxylic acids is 4. The fraction of sp³-hybridized carbons (Fsp3) is 0.385. The molecule has 0 saturated carbocycles. The number of imide groups is 1. The molecule has 0 bridgehead atoms. The monoisotopic (exact) mass is 449 g/mol. The Bertz CT molecular complexity index is 1010. The number of nitrogens with zero attached hydrogens (tertiary/aromatic N) is 2. The molecular weight excluding hydrogens is 418 g/mol. The number of hydrogen-bond acceptors (Lipinski definition) is 4. The smallest absolute Gasteiger partial charge is 0.261 e. The molecule has 1 N–H and O–H groups in total. The second kappa shape index (κ2) is 10.9. The first-order valence-corrected chi connectivity index (χ1v) is 11.4. The largest absolute Gasteiger partial charge is 0.354 e. The summed E-state index contributed by atoms with van der Waals surface area (Å²) in [5.41, 5.74) is 2.82. The van der Waals surface area contributed by atoms with Crippen molar-refractivity contribution in [2.45, 2.75) is 52.6 Å². The summed E-state index contributed by atoms with van der Waals surface area (Å²) >= 11 is 0. The van der Waals surface area contributed by atoms with Gasteiger partial charge in [-0.25, -0.2) is 0 Å². The molecule has 2 aromatic carbocycles. The second-order valence-electron chi connectivity index (χ2n) is 8.39. The van der Waals surface area contributed by atoms with Gasteiger partial charge in [0.2, 0.25) is 11.8 Å². The van der Waals surface area contributed by atoms with E-state index in [1.807, 2.05) is 38.1 Å². The quantitative estimate of drug-likeness (QED) is 0.564. The van der Waals surface area contributed by atoms with Gasteiger partial charge in [-0.1, -0.05) is 48.9 Å². The van der Waals surface area contributed by atoms with Crippen molar-refractivity contribution in [1.29, 1.82) is 0 Å². The van der Waals surface area contributed by atoms with Crippen LogP contribution < -0.4 is 5.32 Å². The zero-order valence-electron chi connectivity index (χ0n) is 19.5. The van der Waals surface area contributed by atoms with Crippen LogP contribution in [-0.4, -0.2) is 52.6 Å². The predicted molar refractivity (Wildman–Crippen MR) is 126 cm³/mol. The minimum atomic E-state index is -0.635. The van der Waals surface area contributed by atoms with Crippen LogP contribution in [0.4, 0.5) is 0 Å². The van der Waals surface area contributed by atoms with E-state index in [2.05, 4.69) is 5.32 Å². The molecule has 174 valence electrons. The Morgan fingerprint density at radius 3 is 2.30 bits per heavy atom. The van der Waals surface area contributed by atoms with Gasteiger partial charge < -0.3 is 10.2 Å². The fourth-order valence-corrected chi connectivity index (χ4v) is 3.96. The van der Waals surface area contributed by atoms with Gasteiger partial charge >= 0.3 is 0 Å². The van der Waals surface area contributed by atoms with Crippen LogP contribution in [0.25, 0.3) is 0 Å². The SMILES string of the molecule is CCCNC(=O)[C@H](C)N(Cc1cccc(C)c1)C(=O)CCCN1C(=O)c2ccccc2C1=O. The van der Waals surface area contributed by atoms with Crippen LogP contribution in [0, 0.1) is 6.92 Å². The van der Waals surface area contributed by atoms with Crippen molar-refractivity contribution in [3.8, 4) is 0 Å². The number of hydrogen-bond donors (Lipinski definition) is 1. The third-order valence-corrected chi connectivity index (χ3v) is 5.80. The molecule has 3 rings (SSSR count). The number of benzene rings is 2. The van der Waals surface area contributed by atoms with Crippen LogP contribution in [-0.2, 0) is 16.1 Å². The van der Waals surface area contributed by atoms with E-state index in [-0.39, 0.29) is 36.6 Å². The molecule has 0 fully saturated rings. The highest BCUT2D eigenvalue weighted by atomic mass is 16.2. The molecule has 1 atom stereocenters. The number of rotatable bonds is 10. The summed E-state index contributed by atoms with van der Waals surface area (Å²) in [6.45, 7) is 6.70. The van der Waals surface area contributed by atoms with Crippen LogP contribution in [0.2, 0.25) is 0 Å². The Labute approximate surface area is 194 Å². The first-order valence-electron chi connectivity index (χ1n) is 11.4. The van der Waals surface area contributed by atoms with Crippen LogP contribution >= 0.6 is 0 Å². The van der Waals surface area contributed by atoms with E-state index in [0.717, 1.165) is 17.5 Å². The summed E-state index contributed by atoms with van der Waals surface area (Å²) in [5.74, 6) is -1.04. The standard InChI is InChI=1S/C26H31N3O4/c1-4-14-27-24(31)19(3)29(17-20-10-7-9-18(2)16-20)23(30)13-8-15-28-25(32)21-11-5-6-12-22(21)26(28)33/h5-7,9-12,16,19H,4,8,13-15,17H2,1-3H3,(H,27,31)/t19-/m0/s1. The third-order valence-electron chi connectivity index (χ3n) is 5.80. The Morgan fingerprint density at radius 2 is 1.70 bits per heavy atom. The van der Waals surface area contributed by atoms with Crippen molar-refractivity contribution in [2.24, 2.45) is 0 Å². The third kappa shape index (κ3) is 5.66. The zero-order valence-corrected chi connectivity index (χ0v) is 19.5. The van der Waals surface area contributed by atoms with Gasteiger partial charge in [-0.15, -0.1) is 0 Å². The molecule has 0 spiro atoms. The molecule has 1 aliphatic heterocycles. The van der Waals surface area contributed by atoms with Gasteiger partial charge in [0, 0.05) is 26.1 Å². The molecule has 1 aliphatic rings. The summed E-state index contributed by atoms with van der Waals surface area (Å²) < 4.78 is 0. The van der Waals surface area contributed by atoms with Crippen molar-refractivity contribution in [2.75, 3.05) is 13.1 Å². The van der Waals surface area contributed by atoms with E-state index in [1.54, 1.807) is 36.1 Å². The Balaban J connectivity index is 1.66. The normalized spacial score (nSPS) is 13.6. The maximum Gasteiger partial charge on any atom is 0.261 e. The van der Waals surface area contributed by atoms with Crippen LogP contribution in [0.5, 0.6) is 0 Å². The van der Waals surface area contributed by atoms with Gasteiger partial charge in [-0.3, -0.25) is 24.1 Å². The van der Waals surface area contributed by atoms with Gasteiger partial charge in [0.05, 0.1) is 11.1 Å². The van der Waals surface area contributed by atoms with E-state index < -0.39 is 6.04 Å². The molecule has 0 aliphatic carbocycles. The number of nitrogens with one attached hydrogen (secondary N) is 1. The molecule has 4 amide bonds. The van der Waals surface area contributed by atoms with Crippen LogP contribution in [0.1, 0.15) is 65.0 Å². The molecule has 0 unspecified atom stereocenters. The molecule has 33 heavy (non-hydrogen) atoms. The lowest BCUT2D eigenvalue weighted by atomic mass is 10.1. The van der Waals surface area contributed by atoms with Crippen molar-refractivity contribution < 1.29 is 19.2 Å². The van der Waals surface area contributed by atoms with E-state index >= 15 is 0 Å². The van der Waals surface area contributed by atoms with Crippen LogP contribution in [0.3, 0.4) is 0 Å². The summed E-state index contributed by atoms with van der Waals surface area (Å²) in [5, 5.41) is 2.86. The second-order valence-corrected chi connectivity index (χ2v) is 8.39. The molecule has 0 aromatic heterocycles. The number of carbonyl (C=O) groups is 4. The highest BCUT2D eigenvalue weighted by molar-refractivity contribution is 6.21. The van der Waals surface area contributed by atoms with E-state index in [0.29, 0.717) is 30.6 Å². The first kappa shape index (κ1) is 24.2. The van der Waals surface area contributed by atoms with E-state index in [4.69, 9.17) is 0 Å². The van der Waals surface area contributed by atoms with Gasteiger partial charge in [-0.2, -0.15) is 0 Å². The average molecular weight is 450 g/mol. The minimum Gasteiger partial charge on any atom is -0.354 e. The van der Waals surface area contributed by atoms with E-state index in [1.165, 1.54) is 4.90 Å². The van der Waals surface area contributed by atoms with Gasteiger partial charge in [0.1, 0.15) is 6.04 Å². The summed E-state index contributed by atoms with van der Waals surface area (Å²) in [4.78, 5) is 53.6. The van der Waals surface area contributed by atoms with Crippen molar-refractivity contribution in [1.82, 2.24) is 15.1 Å². The fourth-order valence-electron chi connectivity index (χ4n) is 3.96. The van der Waals surface area contributed by atoms with Crippen LogP contribution in [0.15, 0.2) is 48.5 Å².